The Labute approximate surface area is 170 Å². The van der Waals surface area contributed by atoms with Crippen LogP contribution in [0.25, 0.3) is 10.9 Å². The van der Waals surface area contributed by atoms with Crippen LogP contribution >= 0.6 is 0 Å². The number of benzene rings is 2. The molecular formula is C23H25N5O. The van der Waals surface area contributed by atoms with E-state index in [1.54, 1.807) is 12.4 Å². The van der Waals surface area contributed by atoms with Crippen LogP contribution in [0.2, 0.25) is 0 Å². The molecule has 1 unspecified atom stereocenters. The van der Waals surface area contributed by atoms with Gasteiger partial charge in [0.05, 0.1) is 5.52 Å². The minimum atomic E-state index is -0.0923. The van der Waals surface area contributed by atoms with E-state index in [9.17, 15) is 4.79 Å². The first-order valence-corrected chi connectivity index (χ1v) is 9.96. The number of fused-ring (bicyclic) bond motifs is 1. The van der Waals surface area contributed by atoms with E-state index in [1.165, 1.54) is 11.1 Å². The fraction of sp³-hybridized carbons (Fsp3) is 0.261. The van der Waals surface area contributed by atoms with E-state index in [2.05, 4.69) is 45.0 Å². The highest BCUT2D eigenvalue weighted by Crippen LogP contribution is 2.26. The summed E-state index contributed by atoms with van der Waals surface area (Å²) in [6, 6.07) is 16.0. The number of nitrogens with zero attached hydrogens (tertiary/aromatic N) is 2. The predicted molar refractivity (Wildman–Crippen MR) is 117 cm³/mol. The lowest BCUT2D eigenvalue weighted by atomic mass is 10.1. The molecule has 1 saturated heterocycles. The number of anilines is 2. The van der Waals surface area contributed by atoms with Gasteiger partial charge in [-0.1, -0.05) is 35.9 Å². The van der Waals surface area contributed by atoms with Gasteiger partial charge in [-0.15, -0.1) is 0 Å². The molecule has 6 nitrogen and oxygen atoms in total. The first-order valence-electron chi connectivity index (χ1n) is 9.96. The van der Waals surface area contributed by atoms with Crippen LogP contribution in [0.15, 0.2) is 66.5 Å². The summed E-state index contributed by atoms with van der Waals surface area (Å²) in [4.78, 5) is 21.2. The number of piperidine rings is 1. The summed E-state index contributed by atoms with van der Waals surface area (Å²) >= 11 is 0. The summed E-state index contributed by atoms with van der Waals surface area (Å²) < 4.78 is 0. The molecule has 1 aromatic heterocycles. The molecule has 29 heavy (non-hydrogen) atoms. The molecule has 0 spiro atoms. The van der Waals surface area contributed by atoms with Crippen LogP contribution in [0.5, 0.6) is 0 Å². The van der Waals surface area contributed by atoms with Crippen molar-refractivity contribution < 1.29 is 4.79 Å². The third-order valence-electron chi connectivity index (χ3n) is 5.14. The predicted octanol–water partition coefficient (Wildman–Crippen LogP) is 4.05. The topological polar surface area (TPSA) is 78.9 Å². The zero-order valence-corrected chi connectivity index (χ0v) is 16.5. The molecule has 6 heteroatoms. The summed E-state index contributed by atoms with van der Waals surface area (Å²) in [6.45, 7) is 3.96. The smallest absolute Gasteiger partial charge is 0.248 e. The van der Waals surface area contributed by atoms with Crippen LogP contribution in [0, 0.1) is 0 Å². The van der Waals surface area contributed by atoms with Crippen molar-refractivity contribution >= 4 is 28.3 Å². The second kappa shape index (κ2) is 8.84. The van der Waals surface area contributed by atoms with Gasteiger partial charge in [-0.05, 0) is 56.6 Å². The third-order valence-corrected chi connectivity index (χ3v) is 5.14. The van der Waals surface area contributed by atoms with E-state index >= 15 is 0 Å². The highest BCUT2D eigenvalue weighted by Gasteiger charge is 2.11. The molecule has 4 rings (SSSR count). The van der Waals surface area contributed by atoms with Crippen molar-refractivity contribution in [3.63, 3.8) is 0 Å². The highest BCUT2D eigenvalue weighted by molar-refractivity contribution is 6.02. The van der Waals surface area contributed by atoms with E-state index in [-0.39, 0.29) is 11.9 Å². The van der Waals surface area contributed by atoms with Crippen LogP contribution in [-0.2, 0) is 4.79 Å². The first-order chi connectivity index (χ1) is 14.2. The summed E-state index contributed by atoms with van der Waals surface area (Å²) in [6.07, 6.45) is 5.13. The zero-order chi connectivity index (χ0) is 20.1. The van der Waals surface area contributed by atoms with Crippen molar-refractivity contribution in [3.8, 4) is 0 Å². The molecule has 1 aliphatic rings. The standard InChI is InChI=1S/C23H25N5O/c1-16(18-5-3-2-4-6-18)27-23-20-14-19(7-8-21(20)25-15-26-23)28-22(29)13-17-9-11-24-12-10-17/h2-8,13-16,24H,9-12H2,1H3,(H,28,29)(H,25,26,27). The fourth-order valence-corrected chi connectivity index (χ4v) is 3.54. The van der Waals surface area contributed by atoms with E-state index in [0.717, 1.165) is 48.3 Å². The quantitative estimate of drug-likeness (QED) is 0.576. The second-order valence-corrected chi connectivity index (χ2v) is 7.27. The van der Waals surface area contributed by atoms with Crippen molar-refractivity contribution in [2.45, 2.75) is 25.8 Å². The number of carbonyl (C=O) groups excluding carboxylic acids is 1. The minimum absolute atomic E-state index is 0.0923. The largest absolute Gasteiger partial charge is 0.363 e. The normalized spacial score (nSPS) is 15.0. The molecule has 1 atom stereocenters. The van der Waals surface area contributed by atoms with E-state index in [1.807, 2.05) is 36.4 Å². The summed E-state index contributed by atoms with van der Waals surface area (Å²) in [5.41, 5.74) is 3.93. The Kier molecular flexibility index (Phi) is 5.81. The average Bonchev–Trinajstić information content (AvgIpc) is 2.75. The molecule has 1 amide bonds. The monoisotopic (exact) mass is 387 g/mol. The average molecular weight is 387 g/mol. The van der Waals surface area contributed by atoms with E-state index in [0.29, 0.717) is 0 Å². The van der Waals surface area contributed by atoms with Gasteiger partial charge in [-0.3, -0.25) is 4.79 Å². The van der Waals surface area contributed by atoms with Gasteiger partial charge in [0.2, 0.25) is 5.91 Å². The van der Waals surface area contributed by atoms with E-state index in [4.69, 9.17) is 0 Å². The Morgan fingerprint density at radius 1 is 1.10 bits per heavy atom. The molecule has 1 aliphatic heterocycles. The second-order valence-electron chi connectivity index (χ2n) is 7.27. The molecule has 0 saturated carbocycles. The maximum atomic E-state index is 12.4. The Morgan fingerprint density at radius 2 is 1.90 bits per heavy atom. The Bertz CT molecular complexity index is 1020. The molecule has 2 aromatic carbocycles. The number of carbonyl (C=O) groups is 1. The first kappa shape index (κ1) is 19.1. The Balaban J connectivity index is 1.55. The molecule has 1 fully saturated rings. The molecule has 0 aliphatic carbocycles. The third kappa shape index (κ3) is 4.78. The number of hydrogen-bond acceptors (Lipinski definition) is 5. The number of nitrogens with one attached hydrogen (secondary N) is 3. The van der Waals surface area contributed by atoms with E-state index < -0.39 is 0 Å². The van der Waals surface area contributed by atoms with Gasteiger partial charge < -0.3 is 16.0 Å². The number of aromatic nitrogens is 2. The van der Waals surface area contributed by atoms with Crippen molar-refractivity contribution in [1.82, 2.24) is 15.3 Å². The van der Waals surface area contributed by atoms with Gasteiger partial charge in [0.1, 0.15) is 12.1 Å². The molecule has 0 radical (unpaired) electrons. The molecule has 3 aromatic rings. The van der Waals surface area contributed by atoms with Crippen LogP contribution in [-0.4, -0.2) is 29.0 Å². The molecule has 3 N–H and O–H groups in total. The van der Waals surface area contributed by atoms with Gasteiger partial charge in [-0.2, -0.15) is 0 Å². The molecule has 148 valence electrons. The maximum absolute atomic E-state index is 12.4. The Hall–Kier alpha value is -3.25. The lowest BCUT2D eigenvalue weighted by Gasteiger charge is -2.17. The fourth-order valence-electron chi connectivity index (χ4n) is 3.54. The van der Waals surface area contributed by atoms with Gasteiger partial charge in [0, 0.05) is 23.2 Å². The van der Waals surface area contributed by atoms with Gasteiger partial charge in [-0.25, -0.2) is 9.97 Å². The zero-order valence-electron chi connectivity index (χ0n) is 16.5. The van der Waals surface area contributed by atoms with Crippen LogP contribution in [0.1, 0.15) is 31.4 Å². The van der Waals surface area contributed by atoms with Crippen LogP contribution in [0.4, 0.5) is 11.5 Å². The molecule has 0 bridgehead atoms. The maximum Gasteiger partial charge on any atom is 0.248 e. The minimum Gasteiger partial charge on any atom is -0.363 e. The van der Waals surface area contributed by atoms with Crippen LogP contribution < -0.4 is 16.0 Å². The lowest BCUT2D eigenvalue weighted by molar-refractivity contribution is -0.112. The van der Waals surface area contributed by atoms with Gasteiger partial charge in [0.15, 0.2) is 0 Å². The number of rotatable bonds is 5. The van der Waals surface area contributed by atoms with Crippen molar-refractivity contribution in [3.05, 3.63) is 72.1 Å². The number of amides is 1. The number of hydrogen-bond donors (Lipinski definition) is 3. The highest BCUT2D eigenvalue weighted by atomic mass is 16.1. The lowest BCUT2D eigenvalue weighted by Crippen LogP contribution is -2.24. The van der Waals surface area contributed by atoms with Crippen molar-refractivity contribution in [1.29, 1.82) is 0 Å². The molecular weight excluding hydrogens is 362 g/mol. The van der Waals surface area contributed by atoms with Crippen molar-refractivity contribution in [2.75, 3.05) is 23.7 Å². The molecule has 2 heterocycles. The SMILES string of the molecule is CC(Nc1ncnc2ccc(NC(=O)C=C3CCNCC3)cc12)c1ccccc1. The van der Waals surface area contributed by atoms with Crippen molar-refractivity contribution in [2.24, 2.45) is 0 Å². The van der Waals surface area contributed by atoms with Crippen LogP contribution in [0.3, 0.4) is 0 Å². The van der Waals surface area contributed by atoms with Gasteiger partial charge in [0.25, 0.3) is 0 Å². The summed E-state index contributed by atoms with van der Waals surface area (Å²) in [5, 5.41) is 10.6. The van der Waals surface area contributed by atoms with Gasteiger partial charge >= 0.3 is 0 Å². The Morgan fingerprint density at radius 3 is 2.69 bits per heavy atom. The summed E-state index contributed by atoms with van der Waals surface area (Å²) in [7, 11) is 0. The summed E-state index contributed by atoms with van der Waals surface area (Å²) in [5.74, 6) is 0.657.